The van der Waals surface area contributed by atoms with Gasteiger partial charge >= 0.3 is 0 Å². The zero-order valence-electron chi connectivity index (χ0n) is 18.9. The standard InChI is InChI=1S/C27H30O3Si/c1-27(2,3)31(4,5)30-26(18-12-7-6-8-13-18)22-17-11-16-21-23(22)25(29)20-15-10-9-14-19(20)24(21)28/h6-15,17,22,26H,16H2,1-5H3/t22-,26-/m0/s1. The quantitative estimate of drug-likeness (QED) is 0.400. The topological polar surface area (TPSA) is 43.4 Å². The third kappa shape index (κ3) is 3.79. The Balaban J connectivity index is 1.84. The summed E-state index contributed by atoms with van der Waals surface area (Å²) in [5.41, 5.74) is 3.29. The van der Waals surface area contributed by atoms with Crippen LogP contribution in [-0.4, -0.2) is 19.9 Å². The molecule has 0 bridgehead atoms. The second-order valence-corrected chi connectivity index (χ2v) is 14.7. The highest BCUT2D eigenvalue weighted by atomic mass is 28.4. The highest BCUT2D eigenvalue weighted by Crippen LogP contribution is 2.46. The van der Waals surface area contributed by atoms with E-state index in [0.29, 0.717) is 28.7 Å². The molecule has 160 valence electrons. The Kier molecular flexibility index (Phi) is 5.48. The summed E-state index contributed by atoms with van der Waals surface area (Å²) in [5.74, 6) is -0.358. The van der Waals surface area contributed by atoms with Crippen LogP contribution >= 0.6 is 0 Å². The first-order valence-corrected chi connectivity index (χ1v) is 13.8. The fraction of sp³-hybridized carbons (Fsp3) is 0.333. The molecule has 2 aliphatic carbocycles. The average Bonchev–Trinajstić information content (AvgIpc) is 2.75. The number of allylic oxidation sites excluding steroid dienone is 2. The number of hydrogen-bond donors (Lipinski definition) is 0. The predicted molar refractivity (Wildman–Crippen MR) is 127 cm³/mol. The van der Waals surface area contributed by atoms with Gasteiger partial charge in [-0.2, -0.15) is 0 Å². The van der Waals surface area contributed by atoms with Crippen molar-refractivity contribution < 1.29 is 14.0 Å². The van der Waals surface area contributed by atoms with Gasteiger partial charge in [0.15, 0.2) is 19.9 Å². The molecule has 0 aliphatic heterocycles. The summed E-state index contributed by atoms with van der Waals surface area (Å²) in [6.45, 7) is 11.1. The second kappa shape index (κ2) is 7.85. The fourth-order valence-corrected chi connectivity index (χ4v) is 5.44. The lowest BCUT2D eigenvalue weighted by Gasteiger charge is -2.42. The largest absolute Gasteiger partial charge is 0.409 e. The van der Waals surface area contributed by atoms with Crippen LogP contribution in [0.25, 0.3) is 0 Å². The van der Waals surface area contributed by atoms with Gasteiger partial charge in [0.2, 0.25) is 0 Å². The van der Waals surface area contributed by atoms with Gasteiger partial charge in [0.05, 0.1) is 6.10 Å². The smallest absolute Gasteiger partial charge is 0.192 e. The molecule has 0 fully saturated rings. The zero-order valence-corrected chi connectivity index (χ0v) is 19.9. The minimum Gasteiger partial charge on any atom is -0.409 e. The molecule has 2 atom stereocenters. The summed E-state index contributed by atoms with van der Waals surface area (Å²) < 4.78 is 6.94. The van der Waals surface area contributed by atoms with Crippen molar-refractivity contribution in [2.45, 2.75) is 51.4 Å². The third-order valence-electron chi connectivity index (χ3n) is 6.94. The van der Waals surface area contributed by atoms with Crippen LogP contribution in [0, 0.1) is 5.92 Å². The van der Waals surface area contributed by atoms with Gasteiger partial charge in [-0.25, -0.2) is 0 Å². The maximum atomic E-state index is 13.6. The summed E-state index contributed by atoms with van der Waals surface area (Å²) in [5, 5.41) is 0.0224. The van der Waals surface area contributed by atoms with Gasteiger partial charge in [-0.3, -0.25) is 9.59 Å². The van der Waals surface area contributed by atoms with Crippen molar-refractivity contribution in [1.82, 2.24) is 0 Å². The Bertz CT molecular complexity index is 1090. The molecule has 0 heterocycles. The summed E-state index contributed by atoms with van der Waals surface area (Å²) in [7, 11) is -2.15. The van der Waals surface area contributed by atoms with Gasteiger partial charge < -0.3 is 4.43 Å². The van der Waals surface area contributed by atoms with Crippen LogP contribution in [0.4, 0.5) is 0 Å². The van der Waals surface area contributed by atoms with Crippen LogP contribution in [0.1, 0.15) is 59.6 Å². The molecule has 2 aromatic rings. The van der Waals surface area contributed by atoms with Gasteiger partial charge in [0, 0.05) is 28.2 Å². The van der Waals surface area contributed by atoms with Crippen LogP contribution in [0.15, 0.2) is 77.9 Å². The van der Waals surface area contributed by atoms with Crippen LogP contribution < -0.4 is 0 Å². The Hall–Kier alpha value is -2.56. The Labute approximate surface area is 186 Å². The van der Waals surface area contributed by atoms with Crippen LogP contribution in [0.2, 0.25) is 18.1 Å². The van der Waals surface area contributed by atoms with Crippen molar-refractivity contribution in [2.24, 2.45) is 5.92 Å². The number of rotatable bonds is 4. The van der Waals surface area contributed by atoms with Crippen LogP contribution in [0.3, 0.4) is 0 Å². The molecule has 0 saturated carbocycles. The zero-order chi connectivity index (χ0) is 22.4. The van der Waals surface area contributed by atoms with E-state index in [9.17, 15) is 9.59 Å². The van der Waals surface area contributed by atoms with Crippen LogP contribution in [-0.2, 0) is 4.43 Å². The highest BCUT2D eigenvalue weighted by Gasteiger charge is 2.44. The molecule has 0 radical (unpaired) electrons. The SMILES string of the molecule is CC(C)(C)[Si](C)(C)O[C@@H](c1ccccc1)[C@H]1C=CCC2=C1C(=O)c1ccccc1C2=O. The van der Waals surface area contributed by atoms with Crippen LogP contribution in [0.5, 0.6) is 0 Å². The first-order valence-electron chi connectivity index (χ1n) is 10.9. The predicted octanol–water partition coefficient (Wildman–Crippen LogP) is 6.70. The molecule has 4 heteroatoms. The van der Waals surface area contributed by atoms with E-state index in [2.05, 4.69) is 52.1 Å². The Morgan fingerprint density at radius 3 is 2.10 bits per heavy atom. The van der Waals surface area contributed by atoms with Gasteiger partial charge in [-0.05, 0) is 30.1 Å². The molecule has 4 rings (SSSR count). The van der Waals surface area contributed by atoms with Crippen molar-refractivity contribution in [3.05, 3.63) is 94.6 Å². The number of benzene rings is 2. The highest BCUT2D eigenvalue weighted by molar-refractivity contribution is 6.74. The van der Waals surface area contributed by atoms with E-state index in [0.717, 1.165) is 5.56 Å². The third-order valence-corrected chi connectivity index (χ3v) is 11.4. The van der Waals surface area contributed by atoms with E-state index in [1.165, 1.54) is 0 Å². The lowest BCUT2D eigenvalue weighted by Crippen LogP contribution is -2.44. The molecular formula is C27H30O3Si. The maximum Gasteiger partial charge on any atom is 0.192 e. The number of carbonyl (C=O) groups is 2. The molecule has 0 aromatic heterocycles. The van der Waals surface area contributed by atoms with Gasteiger partial charge in [-0.1, -0.05) is 87.5 Å². The maximum absolute atomic E-state index is 13.6. The van der Waals surface area contributed by atoms with Gasteiger partial charge in [0.25, 0.3) is 0 Å². The van der Waals surface area contributed by atoms with E-state index in [4.69, 9.17) is 4.43 Å². The molecule has 31 heavy (non-hydrogen) atoms. The van der Waals surface area contributed by atoms with Crippen molar-refractivity contribution in [3.8, 4) is 0 Å². The first kappa shape index (κ1) is 21.7. The van der Waals surface area contributed by atoms with E-state index >= 15 is 0 Å². The normalized spacial score (nSPS) is 19.8. The minimum absolute atomic E-state index is 0.0224. The number of carbonyl (C=O) groups excluding carboxylic acids is 2. The first-order chi connectivity index (χ1) is 14.6. The van der Waals surface area contributed by atoms with E-state index in [1.807, 2.05) is 36.4 Å². The molecule has 0 spiro atoms. The second-order valence-electron chi connectivity index (χ2n) is 9.96. The number of hydrogen-bond acceptors (Lipinski definition) is 3. The molecular weight excluding hydrogens is 400 g/mol. The molecule has 2 aliphatic rings. The monoisotopic (exact) mass is 430 g/mol. The number of Topliss-reactive ketones (excluding diaryl/α,β-unsaturated/α-hetero) is 2. The van der Waals surface area contributed by atoms with Gasteiger partial charge in [0.1, 0.15) is 0 Å². The summed E-state index contributed by atoms with van der Waals surface area (Å²) in [6.07, 6.45) is 4.27. The number of fused-ring (bicyclic) bond motifs is 1. The number of ketones is 2. The van der Waals surface area contributed by atoms with E-state index < -0.39 is 8.32 Å². The average molecular weight is 431 g/mol. The van der Waals surface area contributed by atoms with E-state index in [-0.39, 0.29) is 28.6 Å². The minimum atomic E-state index is -2.15. The summed E-state index contributed by atoms with van der Waals surface area (Å²) in [6, 6.07) is 17.3. The Morgan fingerprint density at radius 2 is 1.48 bits per heavy atom. The van der Waals surface area contributed by atoms with Crippen molar-refractivity contribution >= 4 is 19.9 Å². The fourth-order valence-electron chi connectivity index (χ4n) is 4.17. The molecule has 0 N–H and O–H groups in total. The van der Waals surface area contributed by atoms with Crippen molar-refractivity contribution in [2.75, 3.05) is 0 Å². The molecule has 3 nitrogen and oxygen atoms in total. The van der Waals surface area contributed by atoms with E-state index in [1.54, 1.807) is 12.1 Å². The molecule has 0 unspecified atom stereocenters. The van der Waals surface area contributed by atoms with Crippen molar-refractivity contribution in [3.63, 3.8) is 0 Å². The molecule has 0 amide bonds. The summed E-state index contributed by atoms with van der Waals surface area (Å²) in [4.78, 5) is 26.9. The Morgan fingerprint density at radius 1 is 0.903 bits per heavy atom. The van der Waals surface area contributed by atoms with Gasteiger partial charge in [-0.15, -0.1) is 0 Å². The lowest BCUT2D eigenvalue weighted by atomic mass is 9.72. The molecule has 2 aromatic carbocycles. The van der Waals surface area contributed by atoms with Crippen molar-refractivity contribution in [1.29, 1.82) is 0 Å². The lowest BCUT2D eigenvalue weighted by molar-refractivity contribution is 0.0935. The summed E-state index contributed by atoms with van der Waals surface area (Å²) >= 11 is 0. The molecule has 0 saturated heterocycles.